The number of para-hydroxylation sites is 1. The molecule has 34 heavy (non-hydrogen) atoms. The minimum atomic E-state index is -3.96. The number of sulfonamides is 1. The average molecular weight is 479 g/mol. The molecule has 1 aliphatic rings. The fourth-order valence-corrected chi connectivity index (χ4v) is 4.85. The van der Waals surface area contributed by atoms with Crippen molar-refractivity contribution < 1.29 is 22.8 Å². The Hall–Kier alpha value is -4.18. The van der Waals surface area contributed by atoms with Crippen LogP contribution in [0.3, 0.4) is 0 Å². The Balaban J connectivity index is 1.56. The molecule has 9 nitrogen and oxygen atoms in total. The highest BCUT2D eigenvalue weighted by Gasteiger charge is 2.50. The number of anilines is 1. The van der Waals surface area contributed by atoms with Crippen molar-refractivity contribution in [2.75, 3.05) is 11.4 Å². The van der Waals surface area contributed by atoms with E-state index < -0.39 is 33.4 Å². The zero-order valence-electron chi connectivity index (χ0n) is 18.4. The van der Waals surface area contributed by atoms with Crippen LogP contribution in [0.1, 0.15) is 22.8 Å². The molecule has 2 N–H and O–H groups in total. The smallest absolute Gasteiger partial charge is 0.318 e. The van der Waals surface area contributed by atoms with Gasteiger partial charge in [-0.3, -0.25) is 19.3 Å². The molecular formula is C24H22N4O5S. The van der Waals surface area contributed by atoms with Crippen LogP contribution in [0, 0.1) is 0 Å². The number of carbonyl (C=O) groups is 3. The number of imide groups is 1. The number of hydrogen-bond donors (Lipinski definition) is 2. The van der Waals surface area contributed by atoms with E-state index in [2.05, 4.69) is 10.7 Å². The summed E-state index contributed by atoms with van der Waals surface area (Å²) in [5.41, 5.74) is 1.91. The highest BCUT2D eigenvalue weighted by atomic mass is 32.2. The van der Waals surface area contributed by atoms with Gasteiger partial charge in [-0.25, -0.2) is 13.2 Å². The van der Waals surface area contributed by atoms with E-state index in [1.54, 1.807) is 67.6 Å². The number of hydrogen-bond acceptors (Lipinski definition) is 5. The van der Waals surface area contributed by atoms with E-state index in [0.29, 0.717) is 16.3 Å². The molecular weight excluding hydrogens is 456 g/mol. The molecule has 174 valence electrons. The van der Waals surface area contributed by atoms with Gasteiger partial charge in [0.1, 0.15) is 5.54 Å². The molecule has 10 heteroatoms. The summed E-state index contributed by atoms with van der Waals surface area (Å²) in [5.74, 6) is -1.47. The number of urea groups is 1. The largest absolute Gasteiger partial charge is 0.344 e. The topological polar surface area (TPSA) is 116 Å². The van der Waals surface area contributed by atoms with Crippen molar-refractivity contribution in [3.05, 3.63) is 96.1 Å². The third-order valence-corrected chi connectivity index (χ3v) is 7.41. The average Bonchev–Trinajstić information content (AvgIpc) is 3.08. The van der Waals surface area contributed by atoms with Crippen molar-refractivity contribution in [3.63, 3.8) is 0 Å². The van der Waals surface area contributed by atoms with Crippen LogP contribution >= 0.6 is 0 Å². The second kappa shape index (κ2) is 8.64. The molecule has 0 aromatic heterocycles. The van der Waals surface area contributed by atoms with Crippen LogP contribution in [0.4, 0.5) is 10.5 Å². The number of carbonyl (C=O) groups excluding carboxylic acids is 3. The number of benzene rings is 3. The van der Waals surface area contributed by atoms with Gasteiger partial charge in [-0.2, -0.15) is 5.01 Å². The van der Waals surface area contributed by atoms with Gasteiger partial charge in [0.2, 0.25) is 0 Å². The maximum atomic E-state index is 13.1. The molecule has 1 heterocycles. The number of hydrazine groups is 1. The third-order valence-electron chi connectivity index (χ3n) is 5.63. The fourth-order valence-electron chi connectivity index (χ4n) is 3.61. The maximum absolute atomic E-state index is 13.1. The lowest BCUT2D eigenvalue weighted by molar-refractivity contribution is -0.132. The van der Waals surface area contributed by atoms with Gasteiger partial charge in [0, 0.05) is 12.6 Å². The standard InChI is InChI=1S/C24H22N4O5S/c1-24(18-11-5-3-6-12-18)22(30)28(23(31)25-24)26-21(29)17-10-9-15-20(16-17)34(32,33)27(2)19-13-7-4-8-14-19/h3-16H,1-2H3,(H,25,31)(H,26,29)/t24-/m0/s1. The SMILES string of the molecule is CN(c1ccccc1)S(=O)(=O)c1cccc(C(=O)NN2C(=O)N[C@@](C)(c3ccccc3)C2=O)c1. The normalized spacial score (nSPS) is 17.9. The molecule has 3 aromatic carbocycles. The van der Waals surface area contributed by atoms with Gasteiger partial charge in [0.05, 0.1) is 10.6 Å². The van der Waals surface area contributed by atoms with E-state index in [9.17, 15) is 22.8 Å². The third kappa shape index (κ3) is 3.99. The first-order chi connectivity index (χ1) is 16.1. The Morgan fingerprint density at radius 3 is 2.21 bits per heavy atom. The van der Waals surface area contributed by atoms with Gasteiger partial charge in [-0.1, -0.05) is 54.6 Å². The Morgan fingerprint density at radius 2 is 1.56 bits per heavy atom. The molecule has 0 aliphatic carbocycles. The molecule has 4 rings (SSSR count). The summed E-state index contributed by atoms with van der Waals surface area (Å²) in [7, 11) is -2.55. The summed E-state index contributed by atoms with van der Waals surface area (Å²) in [5, 5.41) is 3.20. The molecule has 1 saturated heterocycles. The van der Waals surface area contributed by atoms with Crippen LogP contribution in [0.25, 0.3) is 0 Å². The van der Waals surface area contributed by atoms with Gasteiger partial charge in [-0.05, 0) is 42.8 Å². The minimum Gasteiger partial charge on any atom is -0.318 e. The Bertz CT molecular complexity index is 1360. The van der Waals surface area contributed by atoms with E-state index in [4.69, 9.17) is 0 Å². The highest BCUT2D eigenvalue weighted by Crippen LogP contribution is 2.28. The zero-order chi connectivity index (χ0) is 24.5. The summed E-state index contributed by atoms with van der Waals surface area (Å²) < 4.78 is 27.2. The fraction of sp³-hybridized carbons (Fsp3) is 0.125. The van der Waals surface area contributed by atoms with Crippen LogP contribution in [0.2, 0.25) is 0 Å². The van der Waals surface area contributed by atoms with Gasteiger partial charge in [0.25, 0.3) is 21.8 Å². The van der Waals surface area contributed by atoms with Crippen molar-refractivity contribution in [3.8, 4) is 0 Å². The molecule has 1 fully saturated rings. The molecule has 3 aromatic rings. The Morgan fingerprint density at radius 1 is 0.941 bits per heavy atom. The lowest BCUT2D eigenvalue weighted by Crippen LogP contribution is -2.47. The van der Waals surface area contributed by atoms with Crippen molar-refractivity contribution in [2.24, 2.45) is 0 Å². The molecule has 0 bridgehead atoms. The number of rotatable bonds is 6. The minimum absolute atomic E-state index is 0.0311. The zero-order valence-corrected chi connectivity index (χ0v) is 19.2. The number of nitrogens with zero attached hydrogens (tertiary/aromatic N) is 2. The molecule has 0 unspecified atom stereocenters. The predicted molar refractivity (Wildman–Crippen MR) is 125 cm³/mol. The summed E-state index contributed by atoms with van der Waals surface area (Å²) in [6, 6.07) is 21.7. The monoisotopic (exact) mass is 478 g/mol. The van der Waals surface area contributed by atoms with E-state index in [-0.39, 0.29) is 10.5 Å². The number of nitrogens with one attached hydrogen (secondary N) is 2. The van der Waals surface area contributed by atoms with Crippen molar-refractivity contribution >= 4 is 33.6 Å². The molecule has 1 atom stereocenters. The quantitative estimate of drug-likeness (QED) is 0.529. The van der Waals surface area contributed by atoms with E-state index >= 15 is 0 Å². The molecule has 0 spiro atoms. The van der Waals surface area contributed by atoms with Gasteiger partial charge < -0.3 is 5.32 Å². The number of amides is 4. The highest BCUT2D eigenvalue weighted by molar-refractivity contribution is 7.92. The summed E-state index contributed by atoms with van der Waals surface area (Å²) in [4.78, 5) is 38.2. The summed E-state index contributed by atoms with van der Waals surface area (Å²) in [6.45, 7) is 1.54. The van der Waals surface area contributed by atoms with Crippen molar-refractivity contribution in [2.45, 2.75) is 17.4 Å². The van der Waals surface area contributed by atoms with Crippen LogP contribution in [-0.4, -0.2) is 38.3 Å². The molecule has 0 saturated carbocycles. The summed E-state index contributed by atoms with van der Waals surface area (Å²) >= 11 is 0. The molecule has 1 aliphatic heterocycles. The lowest BCUT2D eigenvalue weighted by atomic mass is 9.92. The van der Waals surface area contributed by atoms with E-state index in [0.717, 1.165) is 4.31 Å². The first-order valence-electron chi connectivity index (χ1n) is 10.3. The Kier molecular flexibility index (Phi) is 5.84. The predicted octanol–water partition coefficient (Wildman–Crippen LogP) is 2.62. The first kappa shape index (κ1) is 23.0. The van der Waals surface area contributed by atoms with Gasteiger partial charge in [0.15, 0.2) is 0 Å². The van der Waals surface area contributed by atoms with Gasteiger partial charge >= 0.3 is 6.03 Å². The van der Waals surface area contributed by atoms with Crippen LogP contribution in [0.5, 0.6) is 0 Å². The summed E-state index contributed by atoms with van der Waals surface area (Å²) in [6.07, 6.45) is 0. The van der Waals surface area contributed by atoms with E-state index in [1.807, 2.05) is 0 Å². The lowest BCUT2D eigenvalue weighted by Gasteiger charge is -2.22. The molecule has 0 radical (unpaired) electrons. The van der Waals surface area contributed by atoms with Crippen LogP contribution < -0.4 is 15.0 Å². The van der Waals surface area contributed by atoms with Crippen LogP contribution in [-0.2, 0) is 20.4 Å². The van der Waals surface area contributed by atoms with Crippen molar-refractivity contribution in [1.82, 2.24) is 15.8 Å². The first-order valence-corrected chi connectivity index (χ1v) is 11.8. The second-order valence-corrected chi connectivity index (χ2v) is 9.81. The van der Waals surface area contributed by atoms with E-state index in [1.165, 1.54) is 31.3 Å². The Labute approximate surface area is 197 Å². The second-order valence-electron chi connectivity index (χ2n) is 7.84. The maximum Gasteiger partial charge on any atom is 0.344 e. The van der Waals surface area contributed by atoms with Gasteiger partial charge in [-0.15, -0.1) is 0 Å². The van der Waals surface area contributed by atoms with Crippen LogP contribution in [0.15, 0.2) is 89.8 Å². The van der Waals surface area contributed by atoms with Crippen molar-refractivity contribution in [1.29, 1.82) is 0 Å². The molecule has 4 amide bonds.